The van der Waals surface area contributed by atoms with Gasteiger partial charge in [0.05, 0.1) is 0 Å². The smallest absolute Gasteiger partial charge is 0.333 e. The first-order chi connectivity index (χ1) is 15.4. The fraction of sp³-hybridized carbons (Fsp3) is 0.269. The molecule has 0 aromatic heterocycles. The lowest BCUT2D eigenvalue weighted by atomic mass is 10.1. The van der Waals surface area contributed by atoms with Crippen LogP contribution in [0.3, 0.4) is 0 Å². The number of aliphatic carboxylic acids is 1. The number of para-hydroxylation sites is 1. The highest BCUT2D eigenvalue weighted by molar-refractivity contribution is 5.72. The zero-order valence-electron chi connectivity index (χ0n) is 18.4. The van der Waals surface area contributed by atoms with Crippen molar-refractivity contribution in [3.63, 3.8) is 0 Å². The second-order valence-electron chi connectivity index (χ2n) is 7.44. The third-order valence-electron chi connectivity index (χ3n) is 5.01. The van der Waals surface area contributed by atoms with Crippen LogP contribution < -0.4 is 14.2 Å². The summed E-state index contributed by atoms with van der Waals surface area (Å²) in [5.74, 6) is 1.95. The average molecular weight is 437 g/mol. The van der Waals surface area contributed by atoms with Crippen LogP contribution in [0, 0.1) is 0 Å². The fourth-order valence-electron chi connectivity index (χ4n) is 3.02. The van der Waals surface area contributed by atoms with E-state index in [-0.39, 0.29) is 12.2 Å². The number of methoxy groups -OCH3 is 1. The van der Waals surface area contributed by atoms with Gasteiger partial charge in [0.15, 0.2) is 6.10 Å². The number of hydrogen-bond acceptors (Lipinski definition) is 5. The Bertz CT molecular complexity index is 969. The fourth-order valence-corrected chi connectivity index (χ4v) is 3.02. The molecule has 0 saturated carbocycles. The highest BCUT2D eigenvalue weighted by Gasteiger charge is 2.18. The standard InChI is InChI=1S/C26H28O6/c1-18(30-22-11-9-20(10-12-22)17-25(29-3)26(27)28)19(2)31-23-13-15-24(16-14-23)32-21-7-5-4-6-8-21/h4-16,18-19,25H,17H2,1-3H3,(H,27,28). The minimum absolute atomic E-state index is 0.194. The molecule has 0 aliphatic carbocycles. The molecule has 0 radical (unpaired) electrons. The van der Waals surface area contributed by atoms with Gasteiger partial charge in [-0.3, -0.25) is 0 Å². The number of carboxylic acid groups (broad SMARTS) is 1. The largest absolute Gasteiger partial charge is 0.487 e. The summed E-state index contributed by atoms with van der Waals surface area (Å²) < 4.78 is 22.8. The second-order valence-corrected chi connectivity index (χ2v) is 7.44. The zero-order valence-corrected chi connectivity index (χ0v) is 18.4. The van der Waals surface area contributed by atoms with Crippen LogP contribution in [0.5, 0.6) is 23.0 Å². The highest BCUT2D eigenvalue weighted by atomic mass is 16.5. The normalized spacial score (nSPS) is 13.6. The molecule has 0 fully saturated rings. The first kappa shape index (κ1) is 23.2. The number of rotatable bonds is 11. The van der Waals surface area contributed by atoms with E-state index in [1.807, 2.05) is 92.7 Å². The van der Waals surface area contributed by atoms with Gasteiger partial charge in [0.1, 0.15) is 35.2 Å². The van der Waals surface area contributed by atoms with Crippen molar-refractivity contribution in [3.8, 4) is 23.0 Å². The molecule has 0 bridgehead atoms. The van der Waals surface area contributed by atoms with Gasteiger partial charge in [-0.05, 0) is 67.9 Å². The summed E-state index contributed by atoms with van der Waals surface area (Å²) in [4.78, 5) is 11.1. The minimum atomic E-state index is -0.980. The SMILES string of the molecule is COC(Cc1ccc(OC(C)C(C)Oc2ccc(Oc3ccccc3)cc2)cc1)C(=O)O. The van der Waals surface area contributed by atoms with Crippen LogP contribution in [0.1, 0.15) is 19.4 Å². The summed E-state index contributed by atoms with van der Waals surface area (Å²) in [6.45, 7) is 3.89. The van der Waals surface area contributed by atoms with Crippen molar-refractivity contribution in [2.75, 3.05) is 7.11 Å². The van der Waals surface area contributed by atoms with Crippen LogP contribution in [-0.4, -0.2) is 36.5 Å². The van der Waals surface area contributed by atoms with E-state index in [1.54, 1.807) is 0 Å². The maximum Gasteiger partial charge on any atom is 0.333 e. The first-order valence-corrected chi connectivity index (χ1v) is 10.5. The van der Waals surface area contributed by atoms with Gasteiger partial charge in [-0.2, -0.15) is 0 Å². The minimum Gasteiger partial charge on any atom is -0.487 e. The van der Waals surface area contributed by atoms with Crippen molar-refractivity contribution in [2.45, 2.75) is 38.6 Å². The van der Waals surface area contributed by atoms with E-state index >= 15 is 0 Å². The summed E-state index contributed by atoms with van der Waals surface area (Å²) in [6.07, 6.45) is -0.962. The Morgan fingerprint density at radius 3 is 1.72 bits per heavy atom. The van der Waals surface area contributed by atoms with E-state index in [0.717, 1.165) is 22.8 Å². The van der Waals surface area contributed by atoms with Crippen molar-refractivity contribution in [2.24, 2.45) is 0 Å². The Kier molecular flexibility index (Phi) is 8.11. The topological polar surface area (TPSA) is 74.2 Å². The predicted molar refractivity (Wildman–Crippen MR) is 122 cm³/mol. The lowest BCUT2D eigenvalue weighted by molar-refractivity contribution is -0.148. The Morgan fingerprint density at radius 2 is 1.22 bits per heavy atom. The molecule has 3 rings (SSSR count). The Hall–Kier alpha value is -3.51. The molecule has 3 aromatic rings. The number of ether oxygens (including phenoxy) is 4. The summed E-state index contributed by atoms with van der Waals surface area (Å²) in [5, 5.41) is 9.10. The summed E-state index contributed by atoms with van der Waals surface area (Å²) in [5.41, 5.74) is 0.862. The summed E-state index contributed by atoms with van der Waals surface area (Å²) >= 11 is 0. The second kappa shape index (κ2) is 11.2. The van der Waals surface area contributed by atoms with Crippen LogP contribution in [0.4, 0.5) is 0 Å². The van der Waals surface area contributed by atoms with E-state index < -0.39 is 12.1 Å². The predicted octanol–water partition coefficient (Wildman–Crippen LogP) is 5.36. The molecular formula is C26H28O6. The molecule has 1 N–H and O–H groups in total. The molecule has 6 nitrogen and oxygen atoms in total. The number of carboxylic acids is 1. The van der Waals surface area contributed by atoms with Gasteiger partial charge in [-0.15, -0.1) is 0 Å². The van der Waals surface area contributed by atoms with Gasteiger partial charge >= 0.3 is 5.97 Å². The molecule has 32 heavy (non-hydrogen) atoms. The third kappa shape index (κ3) is 6.75. The number of benzene rings is 3. The van der Waals surface area contributed by atoms with Crippen LogP contribution in [0.15, 0.2) is 78.9 Å². The number of carbonyl (C=O) groups is 1. The van der Waals surface area contributed by atoms with Crippen LogP contribution >= 0.6 is 0 Å². The van der Waals surface area contributed by atoms with Crippen LogP contribution in [-0.2, 0) is 16.0 Å². The van der Waals surface area contributed by atoms with Crippen molar-refractivity contribution in [3.05, 3.63) is 84.4 Å². The molecule has 0 aliphatic rings. The molecule has 3 atom stereocenters. The average Bonchev–Trinajstić information content (AvgIpc) is 2.80. The summed E-state index contributed by atoms with van der Waals surface area (Å²) in [7, 11) is 1.39. The molecule has 3 aromatic carbocycles. The Morgan fingerprint density at radius 1 is 0.750 bits per heavy atom. The van der Waals surface area contributed by atoms with E-state index in [0.29, 0.717) is 12.2 Å². The first-order valence-electron chi connectivity index (χ1n) is 10.5. The molecule has 0 saturated heterocycles. The van der Waals surface area contributed by atoms with Gasteiger partial charge in [-0.25, -0.2) is 4.79 Å². The lowest BCUT2D eigenvalue weighted by Crippen LogP contribution is -2.31. The van der Waals surface area contributed by atoms with Crippen molar-refractivity contribution < 1.29 is 28.8 Å². The van der Waals surface area contributed by atoms with E-state index in [1.165, 1.54) is 7.11 Å². The monoisotopic (exact) mass is 436 g/mol. The molecule has 168 valence electrons. The van der Waals surface area contributed by atoms with Gasteiger partial charge in [-0.1, -0.05) is 30.3 Å². The molecular weight excluding hydrogens is 408 g/mol. The molecule has 0 heterocycles. The van der Waals surface area contributed by atoms with Crippen LogP contribution in [0.2, 0.25) is 0 Å². The molecule has 0 spiro atoms. The van der Waals surface area contributed by atoms with Crippen molar-refractivity contribution in [1.29, 1.82) is 0 Å². The van der Waals surface area contributed by atoms with Crippen molar-refractivity contribution in [1.82, 2.24) is 0 Å². The molecule has 3 unspecified atom stereocenters. The highest BCUT2D eigenvalue weighted by Crippen LogP contribution is 2.25. The molecule has 6 heteroatoms. The van der Waals surface area contributed by atoms with Gasteiger partial charge < -0.3 is 24.1 Å². The van der Waals surface area contributed by atoms with Crippen molar-refractivity contribution >= 4 is 5.97 Å². The molecule has 0 amide bonds. The van der Waals surface area contributed by atoms with E-state index in [2.05, 4.69) is 0 Å². The zero-order chi connectivity index (χ0) is 22.9. The van der Waals surface area contributed by atoms with Gasteiger partial charge in [0.25, 0.3) is 0 Å². The Balaban J connectivity index is 1.51. The van der Waals surface area contributed by atoms with E-state index in [9.17, 15) is 4.79 Å². The summed E-state index contributed by atoms with van der Waals surface area (Å²) in [6, 6.07) is 24.4. The maximum atomic E-state index is 11.1. The quantitative estimate of drug-likeness (QED) is 0.436. The van der Waals surface area contributed by atoms with Crippen LogP contribution in [0.25, 0.3) is 0 Å². The lowest BCUT2D eigenvalue weighted by Gasteiger charge is -2.23. The third-order valence-corrected chi connectivity index (χ3v) is 5.01. The Labute approximate surface area is 188 Å². The molecule has 0 aliphatic heterocycles. The van der Waals surface area contributed by atoms with Gasteiger partial charge in [0.2, 0.25) is 0 Å². The van der Waals surface area contributed by atoms with E-state index in [4.69, 9.17) is 24.1 Å². The number of hydrogen-bond donors (Lipinski definition) is 1. The van der Waals surface area contributed by atoms with Gasteiger partial charge in [0, 0.05) is 13.5 Å². The maximum absolute atomic E-state index is 11.1.